The number of hydrogen-bond donors (Lipinski definition) is 4. The molecule has 9 heteroatoms. The molecule has 1 saturated heterocycles. The molecule has 8 nitrogen and oxygen atoms in total. The van der Waals surface area contributed by atoms with Gasteiger partial charge in [0.15, 0.2) is 0 Å². The van der Waals surface area contributed by atoms with Crippen molar-refractivity contribution in [1.29, 1.82) is 0 Å². The van der Waals surface area contributed by atoms with Gasteiger partial charge < -0.3 is 21.1 Å². The zero-order chi connectivity index (χ0) is 17.7. The molecule has 0 aromatic heterocycles. The van der Waals surface area contributed by atoms with Gasteiger partial charge in [-0.15, -0.1) is 11.8 Å². The van der Waals surface area contributed by atoms with E-state index >= 15 is 0 Å². The molecule has 1 aromatic rings. The number of carbonyl (C=O) groups excluding carboxylic acids is 3. The molecular weight excluding hydrogens is 334 g/mol. The standard InChI is InChI=1S/C15H17N3O5S/c1-8(19)16-9-2-4-10(5-3-9)17-13(20)6-12-14(21)18-11(7-24-12)15(22)23/h2-5,11-12H,6-7H2,1H3,(H,16,19)(H,17,20)(H,18,21)(H,22,23)/t11-,12+/m1/s1. The van der Waals surface area contributed by atoms with E-state index < -0.39 is 23.2 Å². The van der Waals surface area contributed by atoms with E-state index in [-0.39, 0.29) is 24.0 Å². The van der Waals surface area contributed by atoms with Gasteiger partial charge >= 0.3 is 5.97 Å². The number of aliphatic carboxylic acids is 1. The maximum absolute atomic E-state index is 12.0. The van der Waals surface area contributed by atoms with E-state index in [1.54, 1.807) is 24.3 Å². The smallest absolute Gasteiger partial charge is 0.327 e. The highest BCUT2D eigenvalue weighted by Gasteiger charge is 2.33. The van der Waals surface area contributed by atoms with Crippen molar-refractivity contribution >= 4 is 46.8 Å². The van der Waals surface area contributed by atoms with Crippen LogP contribution in [0.25, 0.3) is 0 Å². The Balaban J connectivity index is 1.86. The first kappa shape index (κ1) is 17.8. The van der Waals surface area contributed by atoms with Crippen LogP contribution in [0.15, 0.2) is 24.3 Å². The van der Waals surface area contributed by atoms with Crippen LogP contribution in [0.4, 0.5) is 11.4 Å². The second-order valence-electron chi connectivity index (χ2n) is 5.23. The second kappa shape index (κ2) is 7.82. The zero-order valence-corrected chi connectivity index (χ0v) is 13.7. The van der Waals surface area contributed by atoms with Crippen LogP contribution in [0.2, 0.25) is 0 Å². The number of carbonyl (C=O) groups is 4. The Bertz CT molecular complexity index is 662. The van der Waals surface area contributed by atoms with Gasteiger partial charge in [-0.1, -0.05) is 0 Å². The minimum absolute atomic E-state index is 0.0454. The van der Waals surface area contributed by atoms with E-state index in [1.165, 1.54) is 6.92 Å². The van der Waals surface area contributed by atoms with E-state index in [2.05, 4.69) is 16.0 Å². The predicted molar refractivity (Wildman–Crippen MR) is 89.8 cm³/mol. The minimum atomic E-state index is -1.09. The van der Waals surface area contributed by atoms with Crippen molar-refractivity contribution in [2.75, 3.05) is 16.4 Å². The van der Waals surface area contributed by atoms with Crippen molar-refractivity contribution < 1.29 is 24.3 Å². The lowest BCUT2D eigenvalue weighted by Crippen LogP contribution is -2.51. The summed E-state index contributed by atoms with van der Waals surface area (Å²) in [6.45, 7) is 1.40. The molecule has 1 aliphatic heterocycles. The Morgan fingerprint density at radius 1 is 1.21 bits per heavy atom. The monoisotopic (exact) mass is 351 g/mol. The van der Waals surface area contributed by atoms with Gasteiger partial charge in [-0.05, 0) is 24.3 Å². The zero-order valence-electron chi connectivity index (χ0n) is 12.9. The summed E-state index contributed by atoms with van der Waals surface area (Å²) in [7, 11) is 0. The van der Waals surface area contributed by atoms with Gasteiger partial charge in [0.2, 0.25) is 17.7 Å². The first-order valence-corrected chi connectivity index (χ1v) is 8.22. The number of amides is 3. The number of benzene rings is 1. The number of thioether (sulfide) groups is 1. The molecule has 0 radical (unpaired) electrons. The molecule has 3 amide bonds. The largest absolute Gasteiger partial charge is 0.480 e. The third-order valence-electron chi connectivity index (χ3n) is 3.23. The Hall–Kier alpha value is -2.55. The van der Waals surface area contributed by atoms with E-state index in [9.17, 15) is 19.2 Å². The fourth-order valence-corrected chi connectivity index (χ4v) is 3.24. The summed E-state index contributed by atoms with van der Waals surface area (Å²) in [5.41, 5.74) is 1.15. The Labute approximate surface area is 142 Å². The van der Waals surface area contributed by atoms with Gasteiger partial charge in [0, 0.05) is 30.5 Å². The highest BCUT2D eigenvalue weighted by atomic mass is 32.2. The molecule has 2 atom stereocenters. The molecule has 128 valence electrons. The third-order valence-corrected chi connectivity index (χ3v) is 4.54. The lowest BCUT2D eigenvalue weighted by Gasteiger charge is -2.25. The fourth-order valence-electron chi connectivity index (χ4n) is 2.10. The number of carboxylic acid groups (broad SMARTS) is 1. The molecule has 1 aromatic carbocycles. The van der Waals surface area contributed by atoms with E-state index in [0.717, 1.165) is 11.8 Å². The van der Waals surface area contributed by atoms with Crippen LogP contribution in [0, 0.1) is 0 Å². The van der Waals surface area contributed by atoms with Gasteiger partial charge in [-0.25, -0.2) is 4.79 Å². The molecule has 4 N–H and O–H groups in total. The maximum Gasteiger partial charge on any atom is 0.327 e. The summed E-state index contributed by atoms with van der Waals surface area (Å²) in [6.07, 6.45) is -0.0454. The van der Waals surface area contributed by atoms with Crippen LogP contribution in [0.3, 0.4) is 0 Å². The van der Waals surface area contributed by atoms with Crippen molar-refractivity contribution in [3.05, 3.63) is 24.3 Å². The van der Waals surface area contributed by atoms with Gasteiger partial charge in [-0.3, -0.25) is 14.4 Å². The van der Waals surface area contributed by atoms with Crippen LogP contribution in [-0.2, 0) is 19.2 Å². The summed E-state index contributed by atoms with van der Waals surface area (Å²) in [6, 6.07) is 5.66. The van der Waals surface area contributed by atoms with Crippen molar-refractivity contribution in [2.45, 2.75) is 24.6 Å². The lowest BCUT2D eigenvalue weighted by molar-refractivity contribution is -0.141. The highest BCUT2D eigenvalue weighted by molar-refractivity contribution is 8.00. The van der Waals surface area contributed by atoms with Crippen LogP contribution in [0.1, 0.15) is 13.3 Å². The van der Waals surface area contributed by atoms with Crippen LogP contribution in [-0.4, -0.2) is 45.8 Å². The number of nitrogens with one attached hydrogen (secondary N) is 3. The van der Waals surface area contributed by atoms with Gasteiger partial charge in [0.05, 0.1) is 5.25 Å². The van der Waals surface area contributed by atoms with Gasteiger partial charge in [-0.2, -0.15) is 0 Å². The second-order valence-corrected chi connectivity index (χ2v) is 6.47. The van der Waals surface area contributed by atoms with E-state index in [4.69, 9.17) is 5.11 Å². The number of rotatable bonds is 5. The average Bonchev–Trinajstić information content (AvgIpc) is 2.50. The van der Waals surface area contributed by atoms with Crippen LogP contribution in [0.5, 0.6) is 0 Å². The quantitative estimate of drug-likeness (QED) is 0.618. The molecular formula is C15H17N3O5S. The predicted octanol–water partition coefficient (Wildman–Crippen LogP) is 0.658. The minimum Gasteiger partial charge on any atom is -0.480 e. The molecule has 0 spiro atoms. The summed E-state index contributed by atoms with van der Waals surface area (Å²) in [4.78, 5) is 45.6. The molecule has 0 bridgehead atoms. The summed E-state index contributed by atoms with van der Waals surface area (Å²) >= 11 is 1.15. The topological polar surface area (TPSA) is 125 Å². The average molecular weight is 351 g/mol. The van der Waals surface area contributed by atoms with Crippen LogP contribution < -0.4 is 16.0 Å². The maximum atomic E-state index is 12.0. The van der Waals surface area contributed by atoms with Crippen molar-refractivity contribution in [1.82, 2.24) is 5.32 Å². The SMILES string of the molecule is CC(=O)Nc1ccc(NC(=O)C[C@@H]2SC[C@H](C(=O)O)NC2=O)cc1. The highest BCUT2D eigenvalue weighted by Crippen LogP contribution is 2.22. The van der Waals surface area contributed by atoms with Gasteiger partial charge in [0.25, 0.3) is 0 Å². The molecule has 1 fully saturated rings. The Morgan fingerprint density at radius 2 is 1.79 bits per heavy atom. The number of carboxylic acids is 1. The summed E-state index contributed by atoms with van der Waals surface area (Å²) in [5, 5.41) is 15.9. The molecule has 1 heterocycles. The van der Waals surface area contributed by atoms with Crippen LogP contribution >= 0.6 is 11.8 Å². The molecule has 0 aliphatic carbocycles. The molecule has 0 unspecified atom stereocenters. The van der Waals surface area contributed by atoms with Crippen molar-refractivity contribution in [2.24, 2.45) is 0 Å². The van der Waals surface area contributed by atoms with E-state index in [0.29, 0.717) is 11.4 Å². The molecule has 1 aliphatic rings. The molecule has 24 heavy (non-hydrogen) atoms. The third kappa shape index (κ3) is 4.98. The molecule has 0 saturated carbocycles. The first-order chi connectivity index (χ1) is 11.3. The number of anilines is 2. The summed E-state index contributed by atoms with van der Waals surface area (Å²) < 4.78 is 0. The molecule has 2 rings (SSSR count). The Kier molecular flexibility index (Phi) is 5.80. The van der Waals surface area contributed by atoms with Gasteiger partial charge in [0.1, 0.15) is 6.04 Å². The Morgan fingerprint density at radius 3 is 2.29 bits per heavy atom. The van der Waals surface area contributed by atoms with Crippen molar-refractivity contribution in [3.63, 3.8) is 0 Å². The van der Waals surface area contributed by atoms with Crippen molar-refractivity contribution in [3.8, 4) is 0 Å². The lowest BCUT2D eigenvalue weighted by atomic mass is 10.2. The van der Waals surface area contributed by atoms with E-state index in [1.807, 2.05) is 0 Å². The number of hydrogen-bond acceptors (Lipinski definition) is 5. The summed E-state index contributed by atoms with van der Waals surface area (Å²) in [5.74, 6) is -1.84. The first-order valence-electron chi connectivity index (χ1n) is 7.17. The normalized spacial score (nSPS) is 20.0. The fraction of sp³-hybridized carbons (Fsp3) is 0.333.